The molecular formula is C52H48N2O2. The highest BCUT2D eigenvalue weighted by molar-refractivity contribution is 6.10. The summed E-state index contributed by atoms with van der Waals surface area (Å²) in [6, 6.07) is 62.3. The molecule has 0 bridgehead atoms. The first-order valence-electron chi connectivity index (χ1n) is 19.5. The molecule has 0 spiro atoms. The van der Waals surface area contributed by atoms with Gasteiger partial charge in [0.2, 0.25) is 0 Å². The number of quaternary nitrogens is 2. The van der Waals surface area contributed by atoms with Gasteiger partial charge in [-0.2, -0.15) is 0 Å². The fourth-order valence-electron chi connectivity index (χ4n) is 8.76. The van der Waals surface area contributed by atoms with E-state index in [0.717, 1.165) is 58.9 Å². The van der Waals surface area contributed by atoms with Gasteiger partial charge in [0.1, 0.15) is 39.3 Å². The van der Waals surface area contributed by atoms with Crippen LogP contribution in [0.25, 0.3) is 32.7 Å². The molecule has 0 aromatic heterocycles. The lowest BCUT2D eigenvalue weighted by molar-refractivity contribution is -0.948. The quantitative estimate of drug-likeness (QED) is 0.111. The summed E-state index contributed by atoms with van der Waals surface area (Å²) in [5, 5.41) is 34.1. The average molecular weight is 733 g/mol. The lowest BCUT2D eigenvalue weighted by atomic mass is 9.88. The van der Waals surface area contributed by atoms with Gasteiger partial charge in [0.05, 0.1) is 14.1 Å². The average Bonchev–Trinajstić information content (AvgIpc) is 3.20. The largest absolute Gasteiger partial charge is 0.872 e. The molecule has 0 saturated carbocycles. The Morgan fingerprint density at radius 1 is 0.339 bits per heavy atom. The van der Waals surface area contributed by atoms with Gasteiger partial charge in [0.15, 0.2) is 0 Å². The van der Waals surface area contributed by atoms with Crippen molar-refractivity contribution in [1.82, 2.24) is 0 Å². The Hall–Kier alpha value is -6.20. The fourth-order valence-corrected chi connectivity index (χ4v) is 8.76. The third kappa shape index (κ3) is 8.08. The number of nitrogens with zero attached hydrogens (tertiary/aromatic N) is 2. The van der Waals surface area contributed by atoms with E-state index in [0.29, 0.717) is 33.2 Å². The second-order valence-corrected chi connectivity index (χ2v) is 16.1. The predicted molar refractivity (Wildman–Crippen MR) is 226 cm³/mol. The van der Waals surface area contributed by atoms with E-state index < -0.39 is 0 Å². The van der Waals surface area contributed by atoms with Gasteiger partial charge < -0.3 is 19.2 Å². The molecule has 0 fully saturated rings. The maximum atomic E-state index is 15.3. The van der Waals surface area contributed by atoms with Crippen molar-refractivity contribution in [3.05, 3.63) is 215 Å². The lowest BCUT2D eigenvalue weighted by Crippen LogP contribution is -2.42. The minimum Gasteiger partial charge on any atom is -0.872 e. The Bertz CT molecular complexity index is 2310. The van der Waals surface area contributed by atoms with Gasteiger partial charge >= 0.3 is 0 Å². The summed E-state index contributed by atoms with van der Waals surface area (Å²) in [6.07, 6.45) is 0. The molecule has 0 aliphatic heterocycles. The van der Waals surface area contributed by atoms with Gasteiger partial charge in [-0.05, 0) is 55.9 Å². The summed E-state index contributed by atoms with van der Waals surface area (Å²) in [5.41, 5.74) is 7.31. The number of rotatable bonds is 13. The summed E-state index contributed by atoms with van der Waals surface area (Å²) in [7, 11) is 4.48. The van der Waals surface area contributed by atoms with Crippen LogP contribution in [0.15, 0.2) is 182 Å². The van der Waals surface area contributed by atoms with E-state index in [9.17, 15) is 0 Å². The highest BCUT2D eigenvalue weighted by Crippen LogP contribution is 2.47. The van der Waals surface area contributed by atoms with Crippen LogP contribution in [-0.4, -0.2) is 23.1 Å². The van der Waals surface area contributed by atoms with Crippen molar-refractivity contribution < 1.29 is 19.2 Å². The van der Waals surface area contributed by atoms with Crippen molar-refractivity contribution in [2.75, 3.05) is 14.1 Å². The van der Waals surface area contributed by atoms with Crippen LogP contribution in [0.3, 0.4) is 0 Å². The van der Waals surface area contributed by atoms with Crippen molar-refractivity contribution >= 4 is 21.5 Å². The topological polar surface area (TPSA) is 46.1 Å². The maximum Gasteiger partial charge on any atom is 0.105 e. The van der Waals surface area contributed by atoms with Crippen molar-refractivity contribution in [3.63, 3.8) is 0 Å². The summed E-state index contributed by atoms with van der Waals surface area (Å²) in [4.78, 5) is 0. The molecule has 4 heteroatoms. The third-order valence-electron chi connectivity index (χ3n) is 11.1. The van der Waals surface area contributed by atoms with Crippen LogP contribution < -0.4 is 10.2 Å². The number of hydrogen-bond acceptors (Lipinski definition) is 2. The molecule has 0 atom stereocenters. The van der Waals surface area contributed by atoms with Crippen LogP contribution >= 0.6 is 0 Å². The summed E-state index contributed by atoms with van der Waals surface area (Å²) in [6.45, 7) is 4.03. The molecule has 0 amide bonds. The third-order valence-corrected chi connectivity index (χ3v) is 11.1. The second kappa shape index (κ2) is 15.9. The van der Waals surface area contributed by atoms with E-state index in [4.69, 9.17) is 0 Å². The van der Waals surface area contributed by atoms with Gasteiger partial charge in [-0.15, -0.1) is 0 Å². The molecule has 4 nitrogen and oxygen atoms in total. The standard InChI is InChI=1S/C52H48N2O2/c1-53(33-39-19-7-3-8-20-39,34-40-21-9-4-10-22-40)37-45-31-43-27-15-17-29-47(43)49(51(45)55)50-48-30-18-16-28-44(48)32-46(52(50)56)38-54(2,35-41-23-11-5-12-24-41)36-42-25-13-6-14-26-42/h3-32H,33-38H2,1-2H3. The molecule has 0 radical (unpaired) electrons. The molecule has 8 rings (SSSR count). The number of benzene rings is 8. The molecule has 278 valence electrons. The smallest absolute Gasteiger partial charge is 0.105 e. The van der Waals surface area contributed by atoms with Crippen LogP contribution in [0, 0.1) is 0 Å². The van der Waals surface area contributed by atoms with Gasteiger partial charge in [0.25, 0.3) is 0 Å². The predicted octanol–water partition coefficient (Wildman–Crippen LogP) is 10.5. The zero-order valence-corrected chi connectivity index (χ0v) is 32.3. The first-order chi connectivity index (χ1) is 27.3. The second-order valence-electron chi connectivity index (χ2n) is 16.1. The normalized spacial score (nSPS) is 12.0. The van der Waals surface area contributed by atoms with Crippen molar-refractivity contribution in [3.8, 4) is 22.6 Å². The van der Waals surface area contributed by atoms with Crippen LogP contribution in [-0.2, 0) is 39.3 Å². The number of fused-ring (bicyclic) bond motifs is 2. The van der Waals surface area contributed by atoms with Gasteiger partial charge in [-0.3, -0.25) is 0 Å². The molecular weight excluding hydrogens is 685 g/mol. The van der Waals surface area contributed by atoms with Crippen LogP contribution in [0.2, 0.25) is 0 Å². The minimum absolute atomic E-state index is 0.0700. The summed E-state index contributed by atoms with van der Waals surface area (Å²) < 4.78 is 1.20. The molecule has 0 N–H and O–H groups in total. The lowest BCUT2D eigenvalue weighted by Gasteiger charge is -2.38. The van der Waals surface area contributed by atoms with E-state index in [1.54, 1.807) is 0 Å². The highest BCUT2D eigenvalue weighted by atomic mass is 16.3. The Morgan fingerprint density at radius 2 is 0.607 bits per heavy atom. The molecule has 0 aliphatic carbocycles. The monoisotopic (exact) mass is 732 g/mol. The van der Waals surface area contributed by atoms with Crippen molar-refractivity contribution in [2.24, 2.45) is 0 Å². The molecule has 56 heavy (non-hydrogen) atoms. The van der Waals surface area contributed by atoms with E-state index in [-0.39, 0.29) is 11.5 Å². The van der Waals surface area contributed by atoms with Crippen LogP contribution in [0.1, 0.15) is 33.4 Å². The summed E-state index contributed by atoms with van der Waals surface area (Å²) >= 11 is 0. The Kier molecular flexibility index (Phi) is 10.4. The van der Waals surface area contributed by atoms with Crippen molar-refractivity contribution in [2.45, 2.75) is 39.3 Å². The molecule has 0 unspecified atom stereocenters. The van der Waals surface area contributed by atoms with E-state index in [1.807, 2.05) is 60.7 Å². The number of hydrogen-bond donors (Lipinski definition) is 0. The molecule has 0 saturated heterocycles. The van der Waals surface area contributed by atoms with Crippen LogP contribution in [0.5, 0.6) is 11.5 Å². The fraction of sp³-hybridized carbons (Fsp3) is 0.154. The maximum absolute atomic E-state index is 15.3. The molecule has 0 heterocycles. The Labute approximate surface area is 331 Å². The molecule has 8 aromatic rings. The van der Waals surface area contributed by atoms with Crippen molar-refractivity contribution in [1.29, 1.82) is 0 Å². The Morgan fingerprint density at radius 3 is 0.911 bits per heavy atom. The zero-order chi connectivity index (χ0) is 38.5. The van der Waals surface area contributed by atoms with Gasteiger partial charge in [-0.25, -0.2) is 0 Å². The van der Waals surface area contributed by atoms with E-state index in [1.165, 1.54) is 22.3 Å². The first kappa shape index (κ1) is 36.8. The van der Waals surface area contributed by atoms with Gasteiger partial charge in [-0.1, -0.05) is 181 Å². The first-order valence-corrected chi connectivity index (χ1v) is 19.5. The SMILES string of the molecule is C[N+](Cc1ccccc1)(Cc1ccccc1)Cc1cc2ccccc2c(-c2c([O-])c(C[N+](C)(Cc3ccccc3)Cc3ccccc3)cc3ccccc23)c1[O-]. The van der Waals surface area contributed by atoms with E-state index >= 15 is 10.2 Å². The highest BCUT2D eigenvalue weighted by Gasteiger charge is 2.28. The minimum atomic E-state index is -0.0700. The Balaban J connectivity index is 1.28. The van der Waals surface area contributed by atoms with Gasteiger partial charge in [0, 0.05) is 22.3 Å². The van der Waals surface area contributed by atoms with E-state index in [2.05, 4.69) is 135 Å². The molecule has 0 aliphatic rings. The van der Waals surface area contributed by atoms with Crippen LogP contribution in [0.4, 0.5) is 0 Å². The summed E-state index contributed by atoms with van der Waals surface area (Å²) in [5.74, 6) is -0.140. The zero-order valence-electron chi connectivity index (χ0n) is 32.3. The molecule has 8 aromatic carbocycles.